The average Bonchev–Trinajstić information content (AvgIpc) is 2.81. The van der Waals surface area contributed by atoms with Crippen molar-refractivity contribution in [2.45, 2.75) is 51.7 Å². The third-order valence-electron chi connectivity index (χ3n) is 2.90. The van der Waals surface area contributed by atoms with Crippen molar-refractivity contribution in [1.29, 1.82) is 0 Å². The molecule has 5 nitrogen and oxygen atoms in total. The van der Waals surface area contributed by atoms with Crippen molar-refractivity contribution in [3.05, 3.63) is 18.0 Å². The summed E-state index contributed by atoms with van der Waals surface area (Å²) >= 11 is 0. The highest BCUT2D eigenvalue weighted by Gasteiger charge is 2.17. The fourth-order valence-corrected chi connectivity index (χ4v) is 2.07. The molecule has 0 radical (unpaired) electrons. The lowest BCUT2D eigenvalue weighted by Crippen LogP contribution is -2.19. The van der Waals surface area contributed by atoms with E-state index >= 15 is 0 Å². The lowest BCUT2D eigenvalue weighted by atomic mass is 10.2. The molecule has 1 saturated carbocycles. The fraction of sp³-hybridized carbons (Fsp3) is 0.615. The van der Waals surface area contributed by atoms with Crippen LogP contribution in [-0.4, -0.2) is 28.1 Å². The molecule has 1 fully saturated rings. The summed E-state index contributed by atoms with van der Waals surface area (Å²) in [5.74, 6) is 0.113. The Balaban J connectivity index is 2.02. The van der Waals surface area contributed by atoms with Crippen LogP contribution in [0, 0.1) is 0 Å². The van der Waals surface area contributed by atoms with Gasteiger partial charge in [0, 0.05) is 12.2 Å². The predicted octanol–water partition coefficient (Wildman–Crippen LogP) is 2.40. The van der Waals surface area contributed by atoms with E-state index in [-0.39, 0.29) is 6.10 Å². The molecule has 5 heteroatoms. The van der Waals surface area contributed by atoms with Crippen molar-refractivity contribution in [1.82, 2.24) is 9.97 Å². The van der Waals surface area contributed by atoms with Crippen LogP contribution in [0.1, 0.15) is 50.0 Å². The number of hydrogen-bond donors (Lipinski definition) is 1. The van der Waals surface area contributed by atoms with Crippen LogP contribution in [0.25, 0.3) is 0 Å². The third-order valence-corrected chi connectivity index (χ3v) is 2.90. The fourth-order valence-electron chi connectivity index (χ4n) is 2.07. The van der Waals surface area contributed by atoms with E-state index in [4.69, 9.17) is 4.74 Å². The highest BCUT2D eigenvalue weighted by Crippen LogP contribution is 2.20. The Morgan fingerprint density at radius 1 is 1.44 bits per heavy atom. The zero-order valence-electron chi connectivity index (χ0n) is 10.8. The van der Waals surface area contributed by atoms with Gasteiger partial charge >= 0.3 is 5.97 Å². The Morgan fingerprint density at radius 2 is 2.17 bits per heavy atom. The van der Waals surface area contributed by atoms with Gasteiger partial charge in [-0.15, -0.1) is 0 Å². The second-order valence-electron chi connectivity index (χ2n) is 4.85. The molecule has 1 aromatic rings. The number of anilines is 1. The van der Waals surface area contributed by atoms with E-state index in [1.807, 2.05) is 13.8 Å². The minimum Gasteiger partial charge on any atom is -0.458 e. The molecule has 0 saturated heterocycles. The van der Waals surface area contributed by atoms with Gasteiger partial charge in [-0.2, -0.15) is 0 Å². The quantitative estimate of drug-likeness (QED) is 0.830. The van der Waals surface area contributed by atoms with Crippen molar-refractivity contribution in [3.8, 4) is 0 Å². The van der Waals surface area contributed by atoms with Crippen molar-refractivity contribution in [3.63, 3.8) is 0 Å². The van der Waals surface area contributed by atoms with Gasteiger partial charge in [0.05, 0.1) is 6.10 Å². The highest BCUT2D eigenvalue weighted by molar-refractivity contribution is 5.87. The van der Waals surface area contributed by atoms with Crippen molar-refractivity contribution < 1.29 is 9.53 Å². The SMILES string of the molecule is CC(C)OC(=O)c1ccnc(NC2CCCC2)n1. The molecule has 0 spiro atoms. The maximum atomic E-state index is 11.7. The maximum absolute atomic E-state index is 11.7. The van der Waals surface area contributed by atoms with Crippen LogP contribution in [0.3, 0.4) is 0 Å². The monoisotopic (exact) mass is 249 g/mol. The van der Waals surface area contributed by atoms with E-state index < -0.39 is 5.97 Å². The van der Waals surface area contributed by atoms with Gasteiger partial charge in [-0.05, 0) is 32.8 Å². The first-order valence-electron chi connectivity index (χ1n) is 6.45. The molecule has 0 unspecified atom stereocenters. The third kappa shape index (κ3) is 3.42. The van der Waals surface area contributed by atoms with Gasteiger partial charge in [-0.3, -0.25) is 0 Å². The lowest BCUT2D eigenvalue weighted by molar-refractivity contribution is 0.0371. The zero-order valence-corrected chi connectivity index (χ0v) is 10.8. The van der Waals surface area contributed by atoms with Crippen LogP contribution in [-0.2, 0) is 4.74 Å². The van der Waals surface area contributed by atoms with Gasteiger partial charge in [-0.1, -0.05) is 12.8 Å². The largest absolute Gasteiger partial charge is 0.458 e. The first-order chi connectivity index (χ1) is 8.65. The number of aromatic nitrogens is 2. The van der Waals surface area contributed by atoms with Gasteiger partial charge in [-0.25, -0.2) is 14.8 Å². The molecular weight excluding hydrogens is 230 g/mol. The second-order valence-corrected chi connectivity index (χ2v) is 4.85. The molecule has 98 valence electrons. The summed E-state index contributed by atoms with van der Waals surface area (Å²) in [5.41, 5.74) is 0.305. The van der Waals surface area contributed by atoms with Gasteiger partial charge in [0.15, 0.2) is 5.69 Å². The van der Waals surface area contributed by atoms with E-state index in [1.165, 1.54) is 12.8 Å². The minimum atomic E-state index is -0.401. The number of rotatable bonds is 4. The van der Waals surface area contributed by atoms with E-state index in [0.717, 1.165) is 12.8 Å². The molecule has 1 heterocycles. The predicted molar refractivity (Wildman–Crippen MR) is 68.5 cm³/mol. The van der Waals surface area contributed by atoms with Gasteiger partial charge in [0.25, 0.3) is 0 Å². The van der Waals surface area contributed by atoms with Crippen molar-refractivity contribution >= 4 is 11.9 Å². The topological polar surface area (TPSA) is 64.1 Å². The normalized spacial score (nSPS) is 15.9. The summed E-state index contributed by atoms with van der Waals surface area (Å²) in [6.07, 6.45) is 6.22. The molecule has 0 bridgehead atoms. The van der Waals surface area contributed by atoms with E-state index in [2.05, 4.69) is 15.3 Å². The van der Waals surface area contributed by atoms with Crippen LogP contribution in [0.5, 0.6) is 0 Å². The minimum absolute atomic E-state index is 0.140. The summed E-state index contributed by atoms with van der Waals surface area (Å²) in [7, 11) is 0. The molecule has 0 aromatic carbocycles. The Labute approximate surface area is 107 Å². The van der Waals surface area contributed by atoms with Crippen LogP contribution >= 0.6 is 0 Å². The average molecular weight is 249 g/mol. The zero-order chi connectivity index (χ0) is 13.0. The summed E-state index contributed by atoms with van der Waals surface area (Å²) in [6, 6.07) is 2.01. The first-order valence-corrected chi connectivity index (χ1v) is 6.45. The number of nitrogens with one attached hydrogen (secondary N) is 1. The second kappa shape index (κ2) is 5.80. The molecule has 1 N–H and O–H groups in total. The molecular formula is C13H19N3O2. The van der Waals surface area contributed by atoms with Crippen molar-refractivity contribution in [2.75, 3.05) is 5.32 Å². The number of ether oxygens (including phenoxy) is 1. The smallest absolute Gasteiger partial charge is 0.357 e. The standard InChI is InChI=1S/C13H19N3O2/c1-9(2)18-12(17)11-7-8-14-13(16-11)15-10-5-3-4-6-10/h7-10H,3-6H2,1-2H3,(H,14,15,16). The summed E-state index contributed by atoms with van der Waals surface area (Å²) in [6.45, 7) is 3.63. The Kier molecular flexibility index (Phi) is 4.12. The molecule has 1 aliphatic carbocycles. The van der Waals surface area contributed by atoms with Gasteiger partial charge in [0.1, 0.15) is 0 Å². The van der Waals surface area contributed by atoms with Gasteiger partial charge < -0.3 is 10.1 Å². The highest BCUT2D eigenvalue weighted by atomic mass is 16.5. The molecule has 1 aromatic heterocycles. The van der Waals surface area contributed by atoms with Crippen molar-refractivity contribution in [2.24, 2.45) is 0 Å². The number of hydrogen-bond acceptors (Lipinski definition) is 5. The van der Waals surface area contributed by atoms with Crippen LogP contribution < -0.4 is 5.32 Å². The molecule has 0 atom stereocenters. The molecule has 2 rings (SSSR count). The molecule has 0 aliphatic heterocycles. The Hall–Kier alpha value is -1.65. The number of esters is 1. The number of carbonyl (C=O) groups excluding carboxylic acids is 1. The summed E-state index contributed by atoms with van der Waals surface area (Å²) in [5, 5.41) is 3.26. The summed E-state index contributed by atoms with van der Waals surface area (Å²) < 4.78 is 5.10. The number of carbonyl (C=O) groups is 1. The van der Waals surface area contributed by atoms with E-state index in [1.54, 1.807) is 12.3 Å². The van der Waals surface area contributed by atoms with Crippen LogP contribution in [0.4, 0.5) is 5.95 Å². The molecule has 0 amide bonds. The maximum Gasteiger partial charge on any atom is 0.357 e. The first kappa shape index (κ1) is 12.8. The number of nitrogens with zero attached hydrogens (tertiary/aromatic N) is 2. The lowest BCUT2D eigenvalue weighted by Gasteiger charge is -2.12. The Bertz CT molecular complexity index is 414. The van der Waals surface area contributed by atoms with Gasteiger partial charge in [0.2, 0.25) is 5.95 Å². The van der Waals surface area contributed by atoms with E-state index in [0.29, 0.717) is 17.7 Å². The van der Waals surface area contributed by atoms with Crippen LogP contribution in [0.15, 0.2) is 12.3 Å². The molecule has 1 aliphatic rings. The van der Waals surface area contributed by atoms with E-state index in [9.17, 15) is 4.79 Å². The molecule has 18 heavy (non-hydrogen) atoms. The summed E-state index contributed by atoms with van der Waals surface area (Å²) in [4.78, 5) is 20.0. The van der Waals surface area contributed by atoms with Crippen LogP contribution in [0.2, 0.25) is 0 Å². The Morgan fingerprint density at radius 3 is 2.83 bits per heavy atom.